The van der Waals surface area contributed by atoms with Gasteiger partial charge in [0.15, 0.2) is 0 Å². The molecule has 0 aromatic rings. The van der Waals surface area contributed by atoms with Crippen molar-refractivity contribution in [2.75, 3.05) is 41.5 Å². The van der Waals surface area contributed by atoms with Gasteiger partial charge in [-0.05, 0) is 72.4 Å². The van der Waals surface area contributed by atoms with Gasteiger partial charge in [-0.1, -0.05) is 41.0 Å². The maximum absolute atomic E-state index is 11.7. The number of nitrogens with zero attached hydrogens (tertiary/aromatic N) is 1. The minimum absolute atomic E-state index is 0.0709. The van der Waals surface area contributed by atoms with Crippen molar-refractivity contribution in [1.82, 2.24) is 4.90 Å². The topological polar surface area (TPSA) is 91.4 Å². The predicted molar refractivity (Wildman–Crippen MR) is 158 cm³/mol. The van der Waals surface area contributed by atoms with Gasteiger partial charge in [0.05, 0.1) is 24.0 Å². The first-order valence-corrected chi connectivity index (χ1v) is 16.6. The Morgan fingerprint density at radius 2 is 1.18 bits per heavy atom. The first-order chi connectivity index (χ1) is 17.4. The van der Waals surface area contributed by atoms with E-state index in [1.807, 2.05) is 61.9 Å². The van der Waals surface area contributed by atoms with E-state index in [0.717, 1.165) is 44.6 Å². The molecular weight excluding hydrogens is 502 g/mol. The van der Waals surface area contributed by atoms with Crippen molar-refractivity contribution in [2.45, 2.75) is 113 Å². The first-order valence-electron chi connectivity index (χ1n) is 14.1. The van der Waals surface area contributed by atoms with Crippen LogP contribution in [0.15, 0.2) is 0 Å². The van der Waals surface area contributed by atoms with Gasteiger partial charge in [-0.15, -0.1) is 0 Å². The molecule has 228 valence electrons. The van der Waals surface area contributed by atoms with Crippen molar-refractivity contribution in [1.29, 1.82) is 0 Å². The highest BCUT2D eigenvalue weighted by molar-refractivity contribution is 6.65. The van der Waals surface area contributed by atoms with Crippen molar-refractivity contribution in [3.8, 4) is 0 Å². The summed E-state index contributed by atoms with van der Waals surface area (Å²) in [5.74, 6) is 0.203. The molecule has 0 saturated heterocycles. The fraction of sp³-hybridized carbons (Fsp3) is 0.897. The molecule has 0 spiro atoms. The number of hydrogen-bond donors (Lipinski definition) is 0. The molecule has 0 aliphatic heterocycles. The molecule has 0 aromatic heterocycles. The van der Waals surface area contributed by atoms with E-state index in [0.29, 0.717) is 13.2 Å². The molecule has 0 aromatic carbocycles. The van der Waals surface area contributed by atoms with Gasteiger partial charge >= 0.3 is 20.5 Å². The summed E-state index contributed by atoms with van der Waals surface area (Å²) < 4.78 is 21.1. The third-order valence-corrected chi connectivity index (χ3v) is 9.94. The SMILES string of the molecule is CCC(C)(C)C(=O)OCCC[Si](C)(OC)OC.CCC(C)C(=O)N(C)C.CCCCOC(=O)C(C)(C)CC. The normalized spacial score (nSPS) is 12.3. The molecule has 38 heavy (non-hydrogen) atoms. The van der Waals surface area contributed by atoms with Crippen molar-refractivity contribution < 1.29 is 32.7 Å². The minimum Gasteiger partial charge on any atom is -0.465 e. The number of rotatable bonds is 15. The van der Waals surface area contributed by atoms with Gasteiger partial charge in [0.25, 0.3) is 0 Å². The minimum atomic E-state index is -2.01. The Morgan fingerprint density at radius 1 is 0.789 bits per heavy atom. The van der Waals surface area contributed by atoms with Gasteiger partial charge in [0.1, 0.15) is 0 Å². The zero-order valence-electron chi connectivity index (χ0n) is 27.2. The maximum Gasteiger partial charge on any atom is 0.334 e. The Labute approximate surface area is 235 Å². The molecule has 8 nitrogen and oxygen atoms in total. The van der Waals surface area contributed by atoms with Crippen molar-refractivity contribution in [2.24, 2.45) is 16.7 Å². The quantitative estimate of drug-likeness (QED) is 0.126. The number of carbonyl (C=O) groups is 3. The standard InChI is InChI=1S/C12H26O4Si.C10H20O2.C7H15NO/c1-7-12(2,3)11(13)16-9-8-10-17(6,14-4)15-5;1-5-7-8-12-9(11)10(3,4)6-2;1-5-6(2)7(9)8(3)4/h7-10H2,1-6H3;5-8H2,1-4H3;6H,5H2,1-4H3. The van der Waals surface area contributed by atoms with Crippen LogP contribution in [0.1, 0.15) is 101 Å². The summed E-state index contributed by atoms with van der Waals surface area (Å²) in [7, 11) is 4.89. The second-order valence-electron chi connectivity index (χ2n) is 11.3. The smallest absolute Gasteiger partial charge is 0.334 e. The molecule has 0 fully saturated rings. The Hall–Kier alpha value is -1.45. The van der Waals surface area contributed by atoms with Crippen molar-refractivity contribution in [3.05, 3.63) is 0 Å². The second kappa shape index (κ2) is 21.4. The predicted octanol–water partition coefficient (Wildman–Crippen LogP) is 6.61. The number of esters is 2. The summed E-state index contributed by atoms with van der Waals surface area (Å²) in [4.78, 5) is 35.7. The Morgan fingerprint density at radius 3 is 1.45 bits per heavy atom. The zero-order chi connectivity index (χ0) is 30.6. The fourth-order valence-corrected chi connectivity index (χ4v) is 3.81. The fourth-order valence-electron chi connectivity index (χ4n) is 2.45. The number of ether oxygens (including phenoxy) is 2. The molecule has 0 saturated carbocycles. The van der Waals surface area contributed by atoms with Crippen LogP contribution < -0.4 is 0 Å². The maximum atomic E-state index is 11.7. The molecule has 0 bridgehead atoms. The summed E-state index contributed by atoms with van der Waals surface area (Å²) in [6, 6.07) is 0.833. The molecule has 0 N–H and O–H groups in total. The van der Waals surface area contributed by atoms with Gasteiger partial charge in [-0.2, -0.15) is 0 Å². The number of amides is 1. The third kappa shape index (κ3) is 18.7. The van der Waals surface area contributed by atoms with Gasteiger partial charge in [0.2, 0.25) is 5.91 Å². The van der Waals surface area contributed by atoms with Gasteiger partial charge in [-0.3, -0.25) is 14.4 Å². The van der Waals surface area contributed by atoms with E-state index in [2.05, 4.69) is 6.92 Å². The number of hydrogen-bond acceptors (Lipinski definition) is 7. The first kappa shape index (κ1) is 41.0. The molecule has 0 heterocycles. The largest absolute Gasteiger partial charge is 0.465 e. The average molecular weight is 564 g/mol. The van der Waals surface area contributed by atoms with E-state index in [1.54, 1.807) is 33.2 Å². The molecule has 9 heteroatoms. The molecule has 1 atom stereocenters. The summed E-state index contributed by atoms with van der Waals surface area (Å²) in [6.07, 6.45) is 5.37. The van der Waals surface area contributed by atoms with Crippen LogP contribution in [0, 0.1) is 16.7 Å². The summed E-state index contributed by atoms with van der Waals surface area (Å²) in [6.45, 7) is 20.7. The molecule has 0 aliphatic carbocycles. The highest BCUT2D eigenvalue weighted by Gasteiger charge is 2.30. The van der Waals surface area contributed by atoms with E-state index < -0.39 is 8.56 Å². The molecule has 1 unspecified atom stereocenters. The lowest BCUT2D eigenvalue weighted by Crippen LogP contribution is -2.36. The van der Waals surface area contributed by atoms with Crippen LogP contribution in [0.4, 0.5) is 0 Å². The highest BCUT2D eigenvalue weighted by atomic mass is 28.4. The second-order valence-corrected chi connectivity index (χ2v) is 14.9. The number of carbonyl (C=O) groups excluding carboxylic acids is 3. The molecular formula is C29H61NO7Si. The van der Waals surface area contributed by atoms with Crippen LogP contribution in [0.5, 0.6) is 0 Å². The van der Waals surface area contributed by atoms with Crippen LogP contribution in [0.25, 0.3) is 0 Å². The lowest BCUT2D eigenvalue weighted by molar-refractivity contribution is -0.154. The van der Waals surface area contributed by atoms with Gasteiger partial charge in [-0.25, -0.2) is 0 Å². The monoisotopic (exact) mass is 563 g/mol. The van der Waals surface area contributed by atoms with E-state index >= 15 is 0 Å². The zero-order valence-corrected chi connectivity index (χ0v) is 28.2. The number of unbranched alkanes of at least 4 members (excludes halogenated alkanes) is 1. The lowest BCUT2D eigenvalue weighted by Gasteiger charge is -2.23. The highest BCUT2D eigenvalue weighted by Crippen LogP contribution is 2.22. The Kier molecular flexibility index (Phi) is 23.1. The van der Waals surface area contributed by atoms with E-state index in [1.165, 1.54) is 0 Å². The average Bonchev–Trinajstić information content (AvgIpc) is 2.90. The van der Waals surface area contributed by atoms with E-state index in [9.17, 15) is 14.4 Å². The summed E-state index contributed by atoms with van der Waals surface area (Å²) in [5, 5.41) is 0. The Balaban J connectivity index is -0.000000511. The lowest BCUT2D eigenvalue weighted by atomic mass is 9.91. The summed E-state index contributed by atoms with van der Waals surface area (Å²) >= 11 is 0. The van der Waals surface area contributed by atoms with Crippen LogP contribution >= 0.6 is 0 Å². The van der Waals surface area contributed by atoms with Crippen LogP contribution in [-0.2, 0) is 32.7 Å². The van der Waals surface area contributed by atoms with E-state index in [4.69, 9.17) is 18.3 Å². The molecule has 0 rings (SSSR count). The third-order valence-electron chi connectivity index (χ3n) is 6.95. The molecule has 0 radical (unpaired) electrons. The summed E-state index contributed by atoms with van der Waals surface area (Å²) in [5.41, 5.74) is -0.697. The van der Waals surface area contributed by atoms with E-state index in [-0.39, 0.29) is 34.6 Å². The molecule has 1 amide bonds. The van der Waals surface area contributed by atoms with Crippen LogP contribution in [0.2, 0.25) is 12.6 Å². The van der Waals surface area contributed by atoms with Gasteiger partial charge in [0, 0.05) is 34.2 Å². The van der Waals surface area contributed by atoms with Crippen LogP contribution in [0.3, 0.4) is 0 Å². The van der Waals surface area contributed by atoms with Crippen molar-refractivity contribution >= 4 is 26.4 Å². The Bertz CT molecular complexity index is 647. The molecule has 0 aliphatic rings. The van der Waals surface area contributed by atoms with Crippen LogP contribution in [-0.4, -0.2) is 72.8 Å². The van der Waals surface area contributed by atoms with Crippen molar-refractivity contribution in [3.63, 3.8) is 0 Å². The van der Waals surface area contributed by atoms with Gasteiger partial charge < -0.3 is 23.2 Å².